The highest BCUT2D eigenvalue weighted by atomic mass is 35.5. The van der Waals surface area contributed by atoms with Gasteiger partial charge < -0.3 is 10.4 Å². The third-order valence-corrected chi connectivity index (χ3v) is 2.84. The lowest BCUT2D eigenvalue weighted by atomic mass is 9.93. The number of halogens is 1. The van der Waals surface area contributed by atoms with Crippen molar-refractivity contribution in [2.45, 2.75) is 37.8 Å². The molecule has 1 rings (SSSR count). The molecule has 0 heterocycles. The summed E-state index contributed by atoms with van der Waals surface area (Å²) in [5.74, 6) is 0.145. The zero-order valence-electron chi connectivity index (χ0n) is 8.93. The van der Waals surface area contributed by atoms with E-state index in [-0.39, 0.29) is 18.5 Å². The average Bonchev–Trinajstić information content (AvgIpc) is 2.29. The molecule has 0 unspecified atom stereocenters. The Balaban J connectivity index is 2.44. The zero-order valence-corrected chi connectivity index (χ0v) is 9.69. The van der Waals surface area contributed by atoms with Crippen LogP contribution in [0, 0.1) is 4.91 Å². The van der Waals surface area contributed by atoms with Crippen LogP contribution in [0.2, 0.25) is 0 Å². The molecule has 6 nitrogen and oxygen atoms in total. The molecular weight excluding hydrogens is 234 g/mol. The molecule has 0 radical (unpaired) electrons. The summed E-state index contributed by atoms with van der Waals surface area (Å²) in [5.41, 5.74) is 0. The van der Waals surface area contributed by atoms with Gasteiger partial charge in [0.1, 0.15) is 0 Å². The molecule has 0 saturated heterocycles. The second kappa shape index (κ2) is 6.65. The predicted octanol–water partition coefficient (Wildman–Crippen LogP) is 1.22. The number of aliphatic hydroxyl groups excluding tert-OH is 1. The number of hydrogen-bond donors (Lipinski definition) is 2. The Hall–Kier alpha value is -0.880. The van der Waals surface area contributed by atoms with Crippen LogP contribution in [0.15, 0.2) is 5.29 Å². The van der Waals surface area contributed by atoms with Crippen LogP contribution >= 0.6 is 11.6 Å². The van der Waals surface area contributed by atoms with Crippen molar-refractivity contribution in [3.63, 3.8) is 0 Å². The van der Waals surface area contributed by atoms with E-state index in [0.717, 1.165) is 24.3 Å². The van der Waals surface area contributed by atoms with Gasteiger partial charge in [-0.25, -0.2) is 4.79 Å². The van der Waals surface area contributed by atoms with E-state index in [0.29, 0.717) is 6.42 Å². The van der Waals surface area contributed by atoms with E-state index in [1.165, 1.54) is 0 Å². The van der Waals surface area contributed by atoms with Crippen LogP contribution in [-0.2, 0) is 0 Å². The van der Waals surface area contributed by atoms with E-state index in [4.69, 9.17) is 11.6 Å². The maximum Gasteiger partial charge on any atom is 0.340 e. The Morgan fingerprint density at radius 3 is 2.75 bits per heavy atom. The first-order valence-electron chi connectivity index (χ1n) is 5.34. The SMILES string of the molecule is O=NN(CCCl)C(=O)N[C@@H]1CCCC[C@H]1O. The van der Waals surface area contributed by atoms with Crippen LogP contribution < -0.4 is 5.32 Å². The van der Waals surface area contributed by atoms with Crippen molar-refractivity contribution >= 4 is 17.6 Å². The predicted molar refractivity (Wildman–Crippen MR) is 60.0 cm³/mol. The van der Waals surface area contributed by atoms with Crippen LogP contribution in [0.4, 0.5) is 4.79 Å². The second-order valence-electron chi connectivity index (χ2n) is 3.80. The molecule has 16 heavy (non-hydrogen) atoms. The fraction of sp³-hybridized carbons (Fsp3) is 0.889. The normalized spacial score (nSPS) is 24.9. The Kier molecular flexibility index (Phi) is 5.48. The lowest BCUT2D eigenvalue weighted by Gasteiger charge is -2.29. The number of rotatable bonds is 4. The number of carbonyl (C=O) groups excluding carboxylic acids is 1. The molecular formula is C9H16ClN3O3. The lowest BCUT2D eigenvalue weighted by molar-refractivity contribution is 0.0901. The van der Waals surface area contributed by atoms with Gasteiger partial charge in [-0.3, -0.25) is 0 Å². The van der Waals surface area contributed by atoms with Crippen molar-refractivity contribution in [3.8, 4) is 0 Å². The standard InChI is InChI=1S/C9H16ClN3O3/c10-5-6-13(12-16)9(15)11-7-3-1-2-4-8(7)14/h7-8,14H,1-6H2,(H,11,15)/t7-,8-/m1/s1. The van der Waals surface area contributed by atoms with Crippen LogP contribution in [0.25, 0.3) is 0 Å². The zero-order chi connectivity index (χ0) is 12.0. The number of urea groups is 1. The molecule has 92 valence electrons. The van der Waals surface area contributed by atoms with Gasteiger partial charge in [0.25, 0.3) is 0 Å². The second-order valence-corrected chi connectivity index (χ2v) is 4.18. The molecule has 2 N–H and O–H groups in total. The van der Waals surface area contributed by atoms with Crippen molar-refractivity contribution in [2.75, 3.05) is 12.4 Å². The van der Waals surface area contributed by atoms with E-state index >= 15 is 0 Å². The summed E-state index contributed by atoms with van der Waals surface area (Å²) in [6, 6.07) is -0.887. The Morgan fingerprint density at radius 2 is 2.19 bits per heavy atom. The number of nitrogens with zero attached hydrogens (tertiary/aromatic N) is 2. The summed E-state index contributed by atoms with van der Waals surface area (Å²) < 4.78 is 0. The molecule has 0 bridgehead atoms. The summed E-state index contributed by atoms with van der Waals surface area (Å²) >= 11 is 5.42. The molecule has 0 aromatic heterocycles. The molecule has 0 spiro atoms. The summed E-state index contributed by atoms with van der Waals surface area (Å²) in [6.45, 7) is 0.0692. The molecule has 7 heteroatoms. The van der Waals surface area contributed by atoms with E-state index in [1.807, 2.05) is 0 Å². The Labute approximate surface area is 98.9 Å². The number of nitroso groups, excluding NO2 is 1. The van der Waals surface area contributed by atoms with Gasteiger partial charge in [0, 0.05) is 5.88 Å². The number of amides is 2. The Morgan fingerprint density at radius 1 is 1.50 bits per heavy atom. The van der Waals surface area contributed by atoms with Crippen molar-refractivity contribution < 1.29 is 9.90 Å². The van der Waals surface area contributed by atoms with Gasteiger partial charge in [-0.2, -0.15) is 5.01 Å². The van der Waals surface area contributed by atoms with Crippen LogP contribution in [0.1, 0.15) is 25.7 Å². The topological polar surface area (TPSA) is 82.0 Å². The smallest absolute Gasteiger partial charge is 0.340 e. The fourth-order valence-electron chi connectivity index (χ4n) is 1.77. The molecule has 0 aliphatic heterocycles. The van der Waals surface area contributed by atoms with Gasteiger partial charge in [0.2, 0.25) is 0 Å². The summed E-state index contributed by atoms with van der Waals surface area (Å²) in [7, 11) is 0. The van der Waals surface area contributed by atoms with Crippen molar-refractivity contribution in [2.24, 2.45) is 5.29 Å². The van der Waals surface area contributed by atoms with Crippen LogP contribution in [0.3, 0.4) is 0 Å². The lowest BCUT2D eigenvalue weighted by Crippen LogP contribution is -2.49. The third kappa shape index (κ3) is 3.61. The molecule has 0 aromatic rings. The van der Waals surface area contributed by atoms with E-state index in [9.17, 15) is 14.8 Å². The van der Waals surface area contributed by atoms with Crippen molar-refractivity contribution in [1.29, 1.82) is 0 Å². The number of nitrogens with one attached hydrogen (secondary N) is 1. The van der Waals surface area contributed by atoms with Gasteiger partial charge in [-0.1, -0.05) is 12.8 Å². The van der Waals surface area contributed by atoms with Gasteiger partial charge in [-0.15, -0.1) is 16.5 Å². The van der Waals surface area contributed by atoms with Gasteiger partial charge in [-0.05, 0) is 12.8 Å². The fourth-order valence-corrected chi connectivity index (χ4v) is 1.93. The third-order valence-electron chi connectivity index (χ3n) is 2.67. The van der Waals surface area contributed by atoms with Crippen molar-refractivity contribution in [1.82, 2.24) is 10.3 Å². The Bertz CT molecular complexity index is 252. The molecule has 2 atom stereocenters. The summed E-state index contributed by atoms with van der Waals surface area (Å²) in [5, 5.41) is 15.5. The minimum Gasteiger partial charge on any atom is -0.391 e. The minimum atomic E-state index is -0.596. The number of aliphatic hydroxyl groups is 1. The monoisotopic (exact) mass is 249 g/mol. The molecule has 1 saturated carbocycles. The first kappa shape index (κ1) is 13.2. The van der Waals surface area contributed by atoms with E-state index < -0.39 is 12.1 Å². The molecule has 1 aliphatic rings. The molecule has 1 fully saturated rings. The largest absolute Gasteiger partial charge is 0.391 e. The van der Waals surface area contributed by atoms with Gasteiger partial charge in [0.05, 0.1) is 24.0 Å². The summed E-state index contributed by atoms with van der Waals surface area (Å²) in [6.07, 6.45) is 2.79. The maximum atomic E-state index is 11.5. The molecule has 0 aromatic carbocycles. The first-order valence-corrected chi connectivity index (χ1v) is 5.88. The van der Waals surface area contributed by atoms with Crippen LogP contribution in [-0.4, -0.2) is 40.7 Å². The maximum absolute atomic E-state index is 11.5. The minimum absolute atomic E-state index is 0.0692. The number of alkyl halides is 1. The quantitative estimate of drug-likeness (QED) is 0.447. The highest BCUT2D eigenvalue weighted by Gasteiger charge is 2.26. The first-order chi connectivity index (χ1) is 7.69. The molecule has 2 amide bonds. The van der Waals surface area contributed by atoms with Gasteiger partial charge >= 0.3 is 6.03 Å². The number of hydrogen-bond acceptors (Lipinski definition) is 4. The highest BCUT2D eigenvalue weighted by molar-refractivity contribution is 6.18. The highest BCUT2D eigenvalue weighted by Crippen LogP contribution is 2.18. The van der Waals surface area contributed by atoms with E-state index in [2.05, 4.69) is 10.6 Å². The van der Waals surface area contributed by atoms with Gasteiger partial charge in [0.15, 0.2) is 0 Å². The molecule has 1 aliphatic carbocycles. The van der Waals surface area contributed by atoms with E-state index in [1.54, 1.807) is 0 Å². The average molecular weight is 250 g/mol. The van der Waals surface area contributed by atoms with Crippen molar-refractivity contribution in [3.05, 3.63) is 4.91 Å². The number of carbonyl (C=O) groups is 1. The summed E-state index contributed by atoms with van der Waals surface area (Å²) in [4.78, 5) is 21.9. The van der Waals surface area contributed by atoms with Crippen LogP contribution in [0.5, 0.6) is 0 Å².